The summed E-state index contributed by atoms with van der Waals surface area (Å²) in [6, 6.07) is 11.7. The molecule has 1 saturated carbocycles. The van der Waals surface area contributed by atoms with Crippen LogP contribution in [-0.2, 0) is 15.8 Å². The molecule has 2 aromatic rings. The van der Waals surface area contributed by atoms with E-state index in [0.29, 0.717) is 11.7 Å². The van der Waals surface area contributed by atoms with E-state index in [0.717, 1.165) is 16.9 Å². The number of anilines is 2. The molecule has 0 aliphatic heterocycles. The fraction of sp³-hybridized carbons (Fsp3) is 0.450. The summed E-state index contributed by atoms with van der Waals surface area (Å²) in [7, 11) is -1.39. The Hall–Kier alpha value is -2.08. The van der Waals surface area contributed by atoms with E-state index in [1.807, 2.05) is 37.3 Å². The summed E-state index contributed by atoms with van der Waals surface area (Å²) < 4.78 is 27.4. The smallest absolute Gasteiger partial charge is 0.236 e. The van der Waals surface area contributed by atoms with Crippen molar-refractivity contribution in [3.05, 3.63) is 53.7 Å². The Kier molecular flexibility index (Phi) is 5.81. The maximum atomic E-state index is 12.4. The van der Waals surface area contributed by atoms with E-state index >= 15 is 0 Å². The van der Waals surface area contributed by atoms with E-state index in [1.54, 1.807) is 12.3 Å². The summed E-state index contributed by atoms with van der Waals surface area (Å²) in [6.45, 7) is 1.98. The number of aryl methyl sites for hydroxylation is 1. The van der Waals surface area contributed by atoms with Crippen LogP contribution in [0.5, 0.6) is 0 Å². The van der Waals surface area contributed by atoms with Crippen molar-refractivity contribution >= 4 is 21.5 Å². The van der Waals surface area contributed by atoms with Crippen LogP contribution in [0.3, 0.4) is 0 Å². The second kappa shape index (κ2) is 8.08. The van der Waals surface area contributed by atoms with Crippen LogP contribution in [0.25, 0.3) is 0 Å². The van der Waals surface area contributed by atoms with Crippen LogP contribution in [0.15, 0.2) is 42.6 Å². The van der Waals surface area contributed by atoms with Gasteiger partial charge in [-0.05, 0) is 37.5 Å². The van der Waals surface area contributed by atoms with Gasteiger partial charge in [0.15, 0.2) is 0 Å². The molecule has 0 spiro atoms. The molecule has 3 rings (SSSR count). The van der Waals surface area contributed by atoms with Gasteiger partial charge in [0.2, 0.25) is 10.0 Å². The molecule has 1 aromatic heterocycles. The van der Waals surface area contributed by atoms with E-state index in [2.05, 4.69) is 21.7 Å². The number of rotatable bonds is 6. The lowest BCUT2D eigenvalue weighted by Gasteiger charge is -2.32. The van der Waals surface area contributed by atoms with Crippen molar-refractivity contribution in [2.24, 2.45) is 0 Å². The molecule has 1 aliphatic carbocycles. The van der Waals surface area contributed by atoms with Crippen LogP contribution in [0.2, 0.25) is 0 Å². The summed E-state index contributed by atoms with van der Waals surface area (Å²) in [5.74, 6) is 0.843. The van der Waals surface area contributed by atoms with E-state index in [4.69, 9.17) is 0 Å². The number of aromatic nitrogens is 1. The topological polar surface area (TPSA) is 62.3 Å². The lowest BCUT2D eigenvalue weighted by molar-refractivity contribution is 0.426. The van der Waals surface area contributed by atoms with Crippen LogP contribution in [0.4, 0.5) is 11.5 Å². The number of hydrogen-bond acceptors (Lipinski definition) is 4. The number of nitrogens with one attached hydrogen (secondary N) is 1. The van der Waals surface area contributed by atoms with Crippen LogP contribution < -0.4 is 9.62 Å². The lowest BCUT2D eigenvalue weighted by atomic mass is 9.94. The van der Waals surface area contributed by atoms with Crippen LogP contribution in [0, 0.1) is 6.92 Å². The van der Waals surface area contributed by atoms with Gasteiger partial charge in [0.1, 0.15) is 5.82 Å². The molecular formula is C20H27N3O2S. The SMILES string of the molecule is Cc1ccc(CS(=O)(=O)Nc2ccc(N(C)C3CCCCC3)nc2)cc1. The van der Waals surface area contributed by atoms with Crippen molar-refractivity contribution < 1.29 is 8.42 Å². The summed E-state index contributed by atoms with van der Waals surface area (Å²) in [5, 5.41) is 0. The zero-order valence-electron chi connectivity index (χ0n) is 15.5. The second-order valence-electron chi connectivity index (χ2n) is 7.15. The standard InChI is InChI=1S/C20H27N3O2S/c1-16-8-10-17(11-9-16)15-26(24,25)22-18-12-13-20(21-14-18)23(2)19-6-4-3-5-7-19/h8-14,19,22H,3-7,15H2,1-2H3. The van der Waals surface area contributed by atoms with Gasteiger partial charge in [-0.1, -0.05) is 49.1 Å². The Morgan fingerprint density at radius 1 is 1.08 bits per heavy atom. The first-order chi connectivity index (χ1) is 12.4. The van der Waals surface area contributed by atoms with Gasteiger partial charge in [-0.15, -0.1) is 0 Å². The van der Waals surface area contributed by atoms with Crippen molar-refractivity contribution in [3.63, 3.8) is 0 Å². The molecular weight excluding hydrogens is 346 g/mol. The van der Waals surface area contributed by atoms with Gasteiger partial charge in [-0.3, -0.25) is 4.72 Å². The fourth-order valence-corrected chi connectivity index (χ4v) is 4.61. The number of nitrogens with zero attached hydrogens (tertiary/aromatic N) is 2. The molecule has 26 heavy (non-hydrogen) atoms. The summed E-state index contributed by atoms with van der Waals surface area (Å²) in [4.78, 5) is 6.67. The van der Waals surface area contributed by atoms with Gasteiger partial charge in [0.05, 0.1) is 17.6 Å². The first-order valence-corrected chi connectivity index (χ1v) is 10.8. The molecule has 5 nitrogen and oxygen atoms in total. The molecule has 1 fully saturated rings. The molecule has 0 atom stereocenters. The Labute approximate surface area is 156 Å². The van der Waals surface area contributed by atoms with Crippen molar-refractivity contribution in [1.82, 2.24) is 4.98 Å². The van der Waals surface area contributed by atoms with Gasteiger partial charge in [-0.2, -0.15) is 0 Å². The molecule has 0 bridgehead atoms. The predicted octanol–water partition coefficient (Wildman–Crippen LogP) is 4.10. The minimum atomic E-state index is -3.46. The highest BCUT2D eigenvalue weighted by atomic mass is 32.2. The van der Waals surface area contributed by atoms with Gasteiger partial charge >= 0.3 is 0 Å². The van der Waals surface area contributed by atoms with E-state index in [1.165, 1.54) is 32.1 Å². The minimum Gasteiger partial charge on any atom is -0.357 e. The van der Waals surface area contributed by atoms with Gasteiger partial charge < -0.3 is 4.90 Å². The summed E-state index contributed by atoms with van der Waals surface area (Å²) in [6.07, 6.45) is 7.85. The van der Waals surface area contributed by atoms with Crippen LogP contribution in [0.1, 0.15) is 43.2 Å². The van der Waals surface area contributed by atoms with Crippen molar-refractivity contribution in [2.45, 2.75) is 50.8 Å². The molecule has 0 unspecified atom stereocenters. The molecule has 1 N–H and O–H groups in total. The molecule has 1 heterocycles. The highest BCUT2D eigenvalue weighted by Crippen LogP contribution is 2.25. The van der Waals surface area contributed by atoms with Crippen LogP contribution in [-0.4, -0.2) is 26.5 Å². The molecule has 6 heteroatoms. The van der Waals surface area contributed by atoms with E-state index in [9.17, 15) is 8.42 Å². The number of pyridine rings is 1. The third kappa shape index (κ3) is 4.97. The van der Waals surface area contributed by atoms with Gasteiger partial charge in [-0.25, -0.2) is 13.4 Å². The largest absolute Gasteiger partial charge is 0.357 e. The normalized spacial score (nSPS) is 15.6. The Morgan fingerprint density at radius 2 is 1.77 bits per heavy atom. The summed E-state index contributed by atoms with van der Waals surface area (Å²) in [5.41, 5.74) is 2.38. The molecule has 0 radical (unpaired) electrons. The van der Waals surface area contributed by atoms with Gasteiger partial charge in [0, 0.05) is 13.1 Å². The zero-order valence-corrected chi connectivity index (χ0v) is 16.3. The van der Waals surface area contributed by atoms with Crippen molar-refractivity contribution in [2.75, 3.05) is 16.7 Å². The zero-order chi connectivity index (χ0) is 18.6. The minimum absolute atomic E-state index is 0.0446. The lowest BCUT2D eigenvalue weighted by Crippen LogP contribution is -2.33. The molecule has 140 valence electrons. The third-order valence-corrected chi connectivity index (χ3v) is 6.24. The number of sulfonamides is 1. The number of benzene rings is 1. The molecule has 1 aromatic carbocycles. The molecule has 0 amide bonds. The Balaban J connectivity index is 1.63. The highest BCUT2D eigenvalue weighted by Gasteiger charge is 2.19. The van der Waals surface area contributed by atoms with Crippen molar-refractivity contribution in [3.8, 4) is 0 Å². The highest BCUT2D eigenvalue weighted by molar-refractivity contribution is 7.91. The maximum Gasteiger partial charge on any atom is 0.236 e. The quantitative estimate of drug-likeness (QED) is 0.828. The Morgan fingerprint density at radius 3 is 2.38 bits per heavy atom. The first kappa shape index (κ1) is 18.7. The van der Waals surface area contributed by atoms with Gasteiger partial charge in [0.25, 0.3) is 0 Å². The van der Waals surface area contributed by atoms with Crippen molar-refractivity contribution in [1.29, 1.82) is 0 Å². The summed E-state index contributed by atoms with van der Waals surface area (Å²) >= 11 is 0. The first-order valence-electron chi connectivity index (χ1n) is 9.18. The van der Waals surface area contributed by atoms with E-state index < -0.39 is 10.0 Å². The molecule has 1 aliphatic rings. The second-order valence-corrected chi connectivity index (χ2v) is 8.88. The molecule has 0 saturated heterocycles. The fourth-order valence-electron chi connectivity index (χ4n) is 3.43. The predicted molar refractivity (Wildman–Crippen MR) is 107 cm³/mol. The van der Waals surface area contributed by atoms with Crippen LogP contribution >= 0.6 is 0 Å². The Bertz CT molecular complexity index is 811. The maximum absolute atomic E-state index is 12.4. The average Bonchev–Trinajstić information content (AvgIpc) is 2.64. The third-order valence-electron chi connectivity index (χ3n) is 4.98. The monoisotopic (exact) mass is 373 g/mol. The number of hydrogen-bond donors (Lipinski definition) is 1. The average molecular weight is 374 g/mol. The van der Waals surface area contributed by atoms with E-state index in [-0.39, 0.29) is 5.75 Å².